The van der Waals surface area contributed by atoms with Crippen LogP contribution in [-0.2, 0) is 7.05 Å². The van der Waals surface area contributed by atoms with Crippen molar-refractivity contribution in [1.82, 2.24) is 19.5 Å². The van der Waals surface area contributed by atoms with E-state index in [1.54, 1.807) is 6.33 Å². The van der Waals surface area contributed by atoms with Crippen LogP contribution >= 0.6 is 0 Å². The van der Waals surface area contributed by atoms with E-state index in [1.807, 2.05) is 68.2 Å². The van der Waals surface area contributed by atoms with Gasteiger partial charge in [0.2, 0.25) is 0 Å². The molecule has 0 fully saturated rings. The summed E-state index contributed by atoms with van der Waals surface area (Å²) in [5, 5.41) is 4.39. The highest BCUT2D eigenvalue weighted by molar-refractivity contribution is 5.86. The van der Waals surface area contributed by atoms with Gasteiger partial charge in [0.05, 0.1) is 35.5 Å². The van der Waals surface area contributed by atoms with E-state index in [2.05, 4.69) is 26.3 Å². The molecule has 0 spiro atoms. The van der Waals surface area contributed by atoms with E-state index < -0.39 is 0 Å². The molecule has 0 unspecified atom stereocenters. The van der Waals surface area contributed by atoms with Gasteiger partial charge in [-0.2, -0.15) is 0 Å². The van der Waals surface area contributed by atoms with Crippen molar-refractivity contribution in [2.75, 3.05) is 5.32 Å². The van der Waals surface area contributed by atoms with Gasteiger partial charge >= 0.3 is 0 Å². The summed E-state index contributed by atoms with van der Waals surface area (Å²) in [6.45, 7) is 4.03. The van der Waals surface area contributed by atoms with E-state index in [0.29, 0.717) is 0 Å². The number of hydrogen-bond donors (Lipinski definition) is 2. The second kappa shape index (κ2) is 6.55. The molecule has 0 radical (unpaired) electrons. The molecule has 6 heteroatoms. The summed E-state index contributed by atoms with van der Waals surface area (Å²) in [7, 11) is 1.98. The van der Waals surface area contributed by atoms with E-state index in [4.69, 9.17) is 4.74 Å². The van der Waals surface area contributed by atoms with Gasteiger partial charge in [-0.05, 0) is 44.2 Å². The number of pyridine rings is 1. The second-order valence-corrected chi connectivity index (χ2v) is 6.55. The molecule has 3 heterocycles. The molecule has 0 amide bonds. The molecule has 0 bridgehead atoms. The van der Waals surface area contributed by atoms with Crippen LogP contribution in [-0.4, -0.2) is 25.6 Å². The Hall–Kier alpha value is -3.28. The number of benzene rings is 1. The Kier molecular flexibility index (Phi) is 4.08. The largest absolute Gasteiger partial charge is 0.491 e. The number of nitrogens with one attached hydrogen (secondary N) is 2. The Labute approximate surface area is 151 Å². The number of imidazole rings is 1. The average Bonchev–Trinajstić information content (AvgIpc) is 3.21. The molecular weight excluding hydrogens is 326 g/mol. The van der Waals surface area contributed by atoms with E-state index in [0.717, 1.165) is 39.5 Å². The molecule has 0 aliphatic rings. The Bertz CT molecular complexity index is 1030. The van der Waals surface area contributed by atoms with Gasteiger partial charge in [0, 0.05) is 30.4 Å². The van der Waals surface area contributed by atoms with Gasteiger partial charge in [0.25, 0.3) is 0 Å². The Morgan fingerprint density at radius 3 is 2.62 bits per heavy atom. The molecule has 4 aromatic rings. The molecule has 2 N–H and O–H groups in total. The summed E-state index contributed by atoms with van der Waals surface area (Å²) >= 11 is 0. The molecule has 0 saturated heterocycles. The lowest BCUT2D eigenvalue weighted by Gasteiger charge is -2.10. The number of rotatable bonds is 5. The van der Waals surface area contributed by atoms with Crippen molar-refractivity contribution in [2.45, 2.75) is 20.0 Å². The number of aromatic nitrogens is 4. The summed E-state index contributed by atoms with van der Waals surface area (Å²) in [6, 6.07) is 12.0. The first-order chi connectivity index (χ1) is 12.6. The van der Waals surface area contributed by atoms with Crippen molar-refractivity contribution < 1.29 is 4.74 Å². The number of fused-ring (bicyclic) bond motifs is 1. The maximum atomic E-state index is 5.67. The fourth-order valence-corrected chi connectivity index (χ4v) is 2.89. The van der Waals surface area contributed by atoms with Crippen molar-refractivity contribution >= 4 is 22.4 Å². The van der Waals surface area contributed by atoms with Gasteiger partial charge in [0.1, 0.15) is 11.6 Å². The lowest BCUT2D eigenvalue weighted by Crippen LogP contribution is -2.05. The second-order valence-electron chi connectivity index (χ2n) is 6.55. The van der Waals surface area contributed by atoms with Crippen LogP contribution in [0.1, 0.15) is 13.8 Å². The maximum Gasteiger partial charge on any atom is 0.132 e. The molecule has 3 aromatic heterocycles. The highest BCUT2D eigenvalue weighted by Gasteiger charge is 2.08. The number of anilines is 2. The molecule has 4 rings (SSSR count). The molecule has 6 nitrogen and oxygen atoms in total. The maximum absolute atomic E-state index is 5.67. The predicted molar refractivity (Wildman–Crippen MR) is 104 cm³/mol. The van der Waals surface area contributed by atoms with E-state index in [1.165, 1.54) is 0 Å². The molecule has 0 aliphatic heterocycles. The van der Waals surface area contributed by atoms with Crippen LogP contribution in [0.5, 0.6) is 5.75 Å². The summed E-state index contributed by atoms with van der Waals surface area (Å²) in [5.74, 6) is 1.65. The van der Waals surface area contributed by atoms with Crippen LogP contribution in [0.3, 0.4) is 0 Å². The lowest BCUT2D eigenvalue weighted by atomic mass is 10.2. The molecule has 1 aromatic carbocycles. The summed E-state index contributed by atoms with van der Waals surface area (Å²) in [4.78, 5) is 12.1. The van der Waals surface area contributed by atoms with Crippen LogP contribution in [0.4, 0.5) is 11.5 Å². The summed E-state index contributed by atoms with van der Waals surface area (Å²) < 4.78 is 7.65. The molecular formula is C20H21N5O. The zero-order valence-electron chi connectivity index (χ0n) is 15.0. The number of nitrogens with zero attached hydrogens (tertiary/aromatic N) is 3. The SMILES string of the molecule is CC(C)Oc1ccc(Nc2cc3[nH]c(-c4cncn4C)cc3cn2)cc1. The van der Waals surface area contributed by atoms with Gasteiger partial charge in [-0.25, -0.2) is 9.97 Å². The van der Waals surface area contributed by atoms with Gasteiger partial charge in [-0.1, -0.05) is 0 Å². The predicted octanol–water partition coefficient (Wildman–Crippen LogP) is 4.49. The van der Waals surface area contributed by atoms with Crippen molar-refractivity contribution in [1.29, 1.82) is 0 Å². The standard InChI is InChI=1S/C20H21N5O/c1-13(2)26-16-6-4-15(5-7-16)23-20-9-17-14(10-22-20)8-18(24-17)19-11-21-12-25(19)3/h4-13,24H,1-3H3,(H,22,23). The molecule has 0 aliphatic carbocycles. The van der Waals surface area contributed by atoms with Gasteiger partial charge in [-0.15, -0.1) is 0 Å². The van der Waals surface area contributed by atoms with Crippen molar-refractivity contribution in [3.05, 3.63) is 55.1 Å². The first-order valence-electron chi connectivity index (χ1n) is 8.58. The molecule has 0 saturated carbocycles. The van der Waals surface area contributed by atoms with Crippen LogP contribution < -0.4 is 10.1 Å². The smallest absolute Gasteiger partial charge is 0.132 e. The van der Waals surface area contributed by atoms with Crippen LogP contribution in [0.25, 0.3) is 22.3 Å². The number of aromatic amines is 1. The van der Waals surface area contributed by atoms with Gasteiger partial charge in [-0.3, -0.25) is 0 Å². The number of hydrogen-bond acceptors (Lipinski definition) is 4. The summed E-state index contributed by atoms with van der Waals surface area (Å²) in [5.41, 5.74) is 4.05. The van der Waals surface area contributed by atoms with Crippen molar-refractivity contribution in [2.24, 2.45) is 7.05 Å². The Balaban J connectivity index is 1.56. The highest BCUT2D eigenvalue weighted by Crippen LogP contribution is 2.26. The van der Waals surface area contributed by atoms with E-state index in [9.17, 15) is 0 Å². The van der Waals surface area contributed by atoms with Crippen LogP contribution in [0.2, 0.25) is 0 Å². The lowest BCUT2D eigenvalue weighted by molar-refractivity contribution is 0.242. The summed E-state index contributed by atoms with van der Waals surface area (Å²) in [6.07, 6.45) is 5.67. The zero-order chi connectivity index (χ0) is 18.1. The zero-order valence-corrected chi connectivity index (χ0v) is 15.0. The quantitative estimate of drug-likeness (QED) is 0.558. The normalized spacial score (nSPS) is 11.2. The van der Waals surface area contributed by atoms with Crippen molar-refractivity contribution in [3.63, 3.8) is 0 Å². The van der Waals surface area contributed by atoms with E-state index in [-0.39, 0.29) is 6.10 Å². The first-order valence-corrected chi connectivity index (χ1v) is 8.58. The van der Waals surface area contributed by atoms with E-state index >= 15 is 0 Å². The highest BCUT2D eigenvalue weighted by atomic mass is 16.5. The van der Waals surface area contributed by atoms with Gasteiger partial charge in [0.15, 0.2) is 0 Å². The third kappa shape index (κ3) is 3.26. The Morgan fingerprint density at radius 2 is 1.92 bits per heavy atom. The number of H-pyrrole nitrogens is 1. The molecule has 26 heavy (non-hydrogen) atoms. The number of aryl methyl sites for hydroxylation is 1. The minimum atomic E-state index is 0.166. The average molecular weight is 347 g/mol. The molecule has 132 valence electrons. The fraction of sp³-hybridized carbons (Fsp3) is 0.200. The van der Waals surface area contributed by atoms with Gasteiger partial charge < -0.3 is 19.6 Å². The third-order valence-corrected chi connectivity index (χ3v) is 4.10. The van der Waals surface area contributed by atoms with Crippen LogP contribution in [0.15, 0.2) is 55.1 Å². The van der Waals surface area contributed by atoms with Crippen molar-refractivity contribution in [3.8, 4) is 17.1 Å². The van der Waals surface area contributed by atoms with Crippen LogP contribution in [0, 0.1) is 0 Å². The topological polar surface area (TPSA) is 67.8 Å². The minimum Gasteiger partial charge on any atom is -0.491 e. The molecule has 0 atom stereocenters. The monoisotopic (exact) mass is 347 g/mol. The minimum absolute atomic E-state index is 0.166. The fourth-order valence-electron chi connectivity index (χ4n) is 2.89. The Morgan fingerprint density at radius 1 is 1.12 bits per heavy atom. The third-order valence-electron chi connectivity index (χ3n) is 4.10. The number of ether oxygens (including phenoxy) is 1. The first kappa shape index (κ1) is 16.2.